The fourth-order valence-corrected chi connectivity index (χ4v) is 2.95. The Morgan fingerprint density at radius 1 is 1.00 bits per heavy atom. The summed E-state index contributed by atoms with van der Waals surface area (Å²) >= 11 is 0. The number of ether oxygens (including phenoxy) is 1. The highest BCUT2D eigenvalue weighted by atomic mass is 16.5. The first-order chi connectivity index (χ1) is 12.1. The van der Waals surface area contributed by atoms with Crippen LogP contribution in [-0.2, 0) is 22.0 Å². The molecule has 27 heavy (non-hydrogen) atoms. The van der Waals surface area contributed by atoms with Gasteiger partial charge in [0.2, 0.25) is 0 Å². The first-order valence-electron chi connectivity index (χ1n) is 9.92. The molecule has 0 spiro atoms. The highest BCUT2D eigenvalue weighted by molar-refractivity contribution is 5.77. The van der Waals surface area contributed by atoms with Crippen LogP contribution < -0.4 is 15.8 Å². The zero-order chi connectivity index (χ0) is 21.0. The molecule has 1 aromatic rings. The molecule has 4 heteroatoms. The van der Waals surface area contributed by atoms with Gasteiger partial charge in [0.05, 0.1) is 0 Å². The Morgan fingerprint density at radius 2 is 1.59 bits per heavy atom. The lowest BCUT2D eigenvalue weighted by atomic mass is 9.76. The van der Waals surface area contributed by atoms with Gasteiger partial charge in [0, 0.05) is 18.7 Å². The summed E-state index contributed by atoms with van der Waals surface area (Å²) in [6.45, 7) is 20.9. The molecule has 1 amide bonds. The van der Waals surface area contributed by atoms with Crippen molar-refractivity contribution in [3.63, 3.8) is 0 Å². The number of benzene rings is 1. The van der Waals surface area contributed by atoms with Crippen molar-refractivity contribution in [3.8, 4) is 5.75 Å². The van der Waals surface area contributed by atoms with Crippen molar-refractivity contribution in [2.24, 2.45) is 11.1 Å². The normalized spacial score (nSPS) is 12.8. The van der Waals surface area contributed by atoms with Gasteiger partial charge in [-0.3, -0.25) is 4.79 Å². The molecule has 0 aliphatic carbocycles. The van der Waals surface area contributed by atoms with Crippen LogP contribution in [0.4, 0.5) is 0 Å². The van der Waals surface area contributed by atoms with E-state index in [1.807, 2.05) is 0 Å². The highest BCUT2D eigenvalue weighted by Crippen LogP contribution is 2.40. The quantitative estimate of drug-likeness (QED) is 0.777. The van der Waals surface area contributed by atoms with E-state index in [1.165, 1.54) is 11.1 Å². The predicted molar refractivity (Wildman–Crippen MR) is 115 cm³/mol. The van der Waals surface area contributed by atoms with Gasteiger partial charge in [0.25, 0.3) is 5.91 Å². The Labute approximate surface area is 166 Å². The molecule has 3 N–H and O–H groups in total. The summed E-state index contributed by atoms with van der Waals surface area (Å²) in [5.41, 5.74) is 9.16. The van der Waals surface area contributed by atoms with Crippen LogP contribution in [0.25, 0.3) is 0 Å². The molecule has 4 nitrogen and oxygen atoms in total. The van der Waals surface area contributed by atoms with E-state index in [9.17, 15) is 4.79 Å². The lowest BCUT2D eigenvalue weighted by Crippen LogP contribution is -2.33. The third-order valence-corrected chi connectivity index (χ3v) is 4.37. The minimum atomic E-state index is -0.137. The first kappa shape index (κ1) is 23.5. The molecule has 0 bridgehead atoms. The molecule has 0 aliphatic heterocycles. The van der Waals surface area contributed by atoms with Crippen LogP contribution in [0.1, 0.15) is 79.0 Å². The topological polar surface area (TPSA) is 64.3 Å². The Kier molecular flexibility index (Phi) is 7.52. The Bertz CT molecular complexity index is 644. The molecule has 0 heterocycles. The average molecular weight is 377 g/mol. The standard InChI is InChI=1S/C23H40N2O2/c1-21(2,3)14-16-12-17(22(4,5)6)13-18(23(7,8)9)20(16)27-15-19(26)25-11-10-24/h12-13H,10-11,14-15,24H2,1-9H3,(H,25,26). The molecular weight excluding hydrogens is 336 g/mol. The van der Waals surface area contributed by atoms with E-state index < -0.39 is 0 Å². The molecule has 0 unspecified atom stereocenters. The van der Waals surface area contributed by atoms with Crippen molar-refractivity contribution in [2.45, 2.75) is 79.6 Å². The lowest BCUT2D eigenvalue weighted by molar-refractivity contribution is -0.123. The second-order valence-electron chi connectivity index (χ2n) is 10.7. The maximum absolute atomic E-state index is 12.1. The zero-order valence-electron chi connectivity index (χ0n) is 18.9. The molecule has 154 valence electrons. The van der Waals surface area contributed by atoms with Crippen LogP contribution in [0.3, 0.4) is 0 Å². The third kappa shape index (κ3) is 7.53. The van der Waals surface area contributed by atoms with Crippen LogP contribution >= 0.6 is 0 Å². The summed E-state index contributed by atoms with van der Waals surface area (Å²) in [6.07, 6.45) is 0.889. The van der Waals surface area contributed by atoms with Gasteiger partial charge in [-0.1, -0.05) is 74.4 Å². The number of rotatable bonds is 6. The van der Waals surface area contributed by atoms with Gasteiger partial charge in [0.15, 0.2) is 6.61 Å². The molecule has 0 aliphatic rings. The Hall–Kier alpha value is -1.55. The van der Waals surface area contributed by atoms with Gasteiger partial charge in [0.1, 0.15) is 5.75 Å². The molecule has 0 saturated heterocycles. The smallest absolute Gasteiger partial charge is 0.257 e. The number of hydrogen-bond donors (Lipinski definition) is 2. The van der Waals surface area contributed by atoms with E-state index in [1.54, 1.807) is 0 Å². The Balaban J connectivity index is 3.43. The predicted octanol–water partition coefficient (Wildman–Crippen LogP) is 4.32. The second-order valence-corrected chi connectivity index (χ2v) is 10.7. The minimum Gasteiger partial charge on any atom is -0.483 e. The highest BCUT2D eigenvalue weighted by Gasteiger charge is 2.28. The van der Waals surface area contributed by atoms with E-state index in [4.69, 9.17) is 10.5 Å². The Morgan fingerprint density at radius 3 is 2.04 bits per heavy atom. The van der Waals surface area contributed by atoms with Gasteiger partial charge in [-0.25, -0.2) is 0 Å². The molecule has 0 saturated carbocycles. The van der Waals surface area contributed by atoms with Crippen LogP contribution in [-0.4, -0.2) is 25.6 Å². The van der Waals surface area contributed by atoms with Crippen LogP contribution in [0.2, 0.25) is 0 Å². The number of carbonyl (C=O) groups excluding carboxylic acids is 1. The van der Waals surface area contributed by atoms with E-state index in [0.717, 1.165) is 17.7 Å². The monoisotopic (exact) mass is 376 g/mol. The lowest BCUT2D eigenvalue weighted by Gasteiger charge is -2.31. The third-order valence-electron chi connectivity index (χ3n) is 4.37. The molecule has 1 aromatic carbocycles. The minimum absolute atomic E-state index is 0.00902. The second kappa shape index (κ2) is 8.64. The number of hydrogen-bond acceptors (Lipinski definition) is 3. The van der Waals surface area contributed by atoms with Crippen molar-refractivity contribution in [1.82, 2.24) is 5.32 Å². The van der Waals surface area contributed by atoms with Crippen LogP contribution in [0.5, 0.6) is 5.75 Å². The number of nitrogens with two attached hydrogens (primary N) is 1. The van der Waals surface area contributed by atoms with Gasteiger partial charge in [-0.15, -0.1) is 0 Å². The summed E-state index contributed by atoms with van der Waals surface area (Å²) in [7, 11) is 0. The van der Waals surface area contributed by atoms with Gasteiger partial charge in [-0.05, 0) is 33.8 Å². The van der Waals surface area contributed by atoms with E-state index >= 15 is 0 Å². The summed E-state index contributed by atoms with van der Waals surface area (Å²) in [5.74, 6) is 0.718. The number of nitrogens with one attached hydrogen (secondary N) is 1. The molecule has 0 radical (unpaired) electrons. The summed E-state index contributed by atoms with van der Waals surface area (Å²) in [4.78, 5) is 12.1. The van der Waals surface area contributed by atoms with Gasteiger partial charge < -0.3 is 15.8 Å². The molecule has 0 aromatic heterocycles. The SMILES string of the molecule is CC(C)(C)Cc1cc(C(C)(C)C)cc(C(C)(C)C)c1OCC(=O)NCCN. The van der Waals surface area contributed by atoms with Crippen molar-refractivity contribution in [1.29, 1.82) is 0 Å². The largest absolute Gasteiger partial charge is 0.483 e. The number of carbonyl (C=O) groups is 1. The molecule has 0 fully saturated rings. The fourth-order valence-electron chi connectivity index (χ4n) is 2.95. The summed E-state index contributed by atoms with van der Waals surface area (Å²) < 4.78 is 6.11. The van der Waals surface area contributed by atoms with E-state index in [0.29, 0.717) is 13.1 Å². The zero-order valence-corrected chi connectivity index (χ0v) is 18.9. The van der Waals surface area contributed by atoms with Crippen molar-refractivity contribution in [2.75, 3.05) is 19.7 Å². The fraction of sp³-hybridized carbons (Fsp3) is 0.696. The summed E-state index contributed by atoms with van der Waals surface area (Å²) in [5, 5.41) is 2.78. The van der Waals surface area contributed by atoms with Crippen molar-refractivity contribution < 1.29 is 9.53 Å². The first-order valence-corrected chi connectivity index (χ1v) is 9.92. The molecule has 0 atom stereocenters. The van der Waals surface area contributed by atoms with E-state index in [2.05, 4.69) is 79.8 Å². The molecular formula is C23H40N2O2. The summed E-state index contributed by atoms with van der Waals surface area (Å²) in [6, 6.07) is 4.51. The van der Waals surface area contributed by atoms with E-state index in [-0.39, 0.29) is 28.8 Å². The maximum atomic E-state index is 12.1. The maximum Gasteiger partial charge on any atom is 0.257 e. The average Bonchev–Trinajstić information content (AvgIpc) is 2.47. The van der Waals surface area contributed by atoms with Gasteiger partial charge in [-0.2, -0.15) is 0 Å². The number of amides is 1. The molecule has 1 rings (SSSR count). The van der Waals surface area contributed by atoms with Crippen LogP contribution in [0, 0.1) is 5.41 Å². The van der Waals surface area contributed by atoms with Gasteiger partial charge >= 0.3 is 0 Å². The van der Waals surface area contributed by atoms with Crippen LogP contribution in [0.15, 0.2) is 12.1 Å². The van der Waals surface area contributed by atoms with Crippen molar-refractivity contribution >= 4 is 5.91 Å². The van der Waals surface area contributed by atoms with Crippen molar-refractivity contribution in [3.05, 3.63) is 28.8 Å².